The molecule has 2 nitrogen and oxygen atoms in total. The van der Waals surface area contributed by atoms with Gasteiger partial charge in [0.05, 0.1) is 22.3 Å². The molecule has 1 N–H and O–H groups in total. The van der Waals surface area contributed by atoms with Crippen molar-refractivity contribution < 1.29 is 4.39 Å². The smallest absolute Gasteiger partial charge is 0.123 e. The molecule has 0 unspecified atom stereocenters. The normalized spacial score (nSPS) is 20.4. The van der Waals surface area contributed by atoms with E-state index in [-0.39, 0.29) is 5.82 Å². The molecular formula is C17H14ClFN2. The summed E-state index contributed by atoms with van der Waals surface area (Å²) in [5.74, 6) is 0.275. The van der Waals surface area contributed by atoms with Crippen LogP contribution in [0.25, 0.3) is 0 Å². The van der Waals surface area contributed by atoms with Crippen molar-refractivity contribution in [2.45, 2.75) is 24.8 Å². The number of anilines is 1. The van der Waals surface area contributed by atoms with Crippen LogP contribution in [0, 0.1) is 17.1 Å². The first-order chi connectivity index (χ1) is 10.2. The van der Waals surface area contributed by atoms with Gasteiger partial charge in [0.1, 0.15) is 5.82 Å². The lowest BCUT2D eigenvalue weighted by molar-refractivity contribution is 0.374. The molecule has 21 heavy (non-hydrogen) atoms. The number of nitrogens with one attached hydrogen (secondary N) is 1. The van der Waals surface area contributed by atoms with Crippen LogP contribution in [0.4, 0.5) is 10.1 Å². The van der Waals surface area contributed by atoms with Gasteiger partial charge in [-0.3, -0.25) is 0 Å². The SMILES string of the molecule is N#Cc1ccc(NC2CC(c3ccc(F)cc3)C2)c(Cl)c1. The molecule has 0 spiro atoms. The third-order valence-corrected chi connectivity index (χ3v) is 4.25. The maximum Gasteiger partial charge on any atom is 0.123 e. The van der Waals surface area contributed by atoms with Crippen LogP contribution in [0.3, 0.4) is 0 Å². The summed E-state index contributed by atoms with van der Waals surface area (Å²) < 4.78 is 12.9. The van der Waals surface area contributed by atoms with E-state index in [2.05, 4.69) is 11.4 Å². The van der Waals surface area contributed by atoms with Crippen LogP contribution >= 0.6 is 11.6 Å². The number of nitriles is 1. The fourth-order valence-electron chi connectivity index (χ4n) is 2.66. The highest BCUT2D eigenvalue weighted by molar-refractivity contribution is 6.33. The van der Waals surface area contributed by atoms with Crippen molar-refractivity contribution in [3.8, 4) is 6.07 Å². The van der Waals surface area contributed by atoms with Gasteiger partial charge in [0.15, 0.2) is 0 Å². The van der Waals surface area contributed by atoms with Crippen molar-refractivity contribution in [1.29, 1.82) is 5.26 Å². The number of hydrogen-bond donors (Lipinski definition) is 1. The zero-order chi connectivity index (χ0) is 14.8. The van der Waals surface area contributed by atoms with E-state index >= 15 is 0 Å². The number of benzene rings is 2. The van der Waals surface area contributed by atoms with E-state index < -0.39 is 0 Å². The quantitative estimate of drug-likeness (QED) is 0.891. The molecule has 0 atom stereocenters. The molecule has 0 aromatic heterocycles. The molecule has 2 aromatic carbocycles. The molecule has 4 heteroatoms. The summed E-state index contributed by atoms with van der Waals surface area (Å²) in [6, 6.07) is 14.4. The summed E-state index contributed by atoms with van der Waals surface area (Å²) in [5.41, 5.74) is 2.60. The van der Waals surface area contributed by atoms with E-state index in [0.29, 0.717) is 22.5 Å². The molecule has 1 saturated carbocycles. The van der Waals surface area contributed by atoms with Gasteiger partial charge in [-0.1, -0.05) is 23.7 Å². The summed E-state index contributed by atoms with van der Waals surface area (Å²) >= 11 is 6.15. The topological polar surface area (TPSA) is 35.8 Å². The summed E-state index contributed by atoms with van der Waals surface area (Å²) in [6.07, 6.45) is 2.00. The largest absolute Gasteiger partial charge is 0.381 e. The monoisotopic (exact) mass is 300 g/mol. The lowest BCUT2D eigenvalue weighted by atomic mass is 9.76. The van der Waals surface area contributed by atoms with E-state index in [9.17, 15) is 4.39 Å². The Balaban J connectivity index is 1.60. The Hall–Kier alpha value is -2.05. The Morgan fingerprint density at radius 3 is 2.48 bits per heavy atom. The molecule has 3 rings (SSSR count). The van der Waals surface area contributed by atoms with Gasteiger partial charge in [-0.05, 0) is 54.7 Å². The first-order valence-electron chi connectivity index (χ1n) is 6.87. The zero-order valence-corrected chi connectivity index (χ0v) is 12.1. The van der Waals surface area contributed by atoms with E-state index in [1.807, 2.05) is 18.2 Å². The molecule has 0 bridgehead atoms. The minimum atomic E-state index is -0.197. The Morgan fingerprint density at radius 2 is 1.86 bits per heavy atom. The number of rotatable bonds is 3. The molecule has 0 heterocycles. The van der Waals surface area contributed by atoms with Gasteiger partial charge < -0.3 is 5.32 Å². The fraction of sp³-hybridized carbons (Fsp3) is 0.235. The molecule has 0 radical (unpaired) electrons. The summed E-state index contributed by atoms with van der Waals surface area (Å²) in [6.45, 7) is 0. The molecule has 0 aliphatic heterocycles. The average Bonchev–Trinajstić information content (AvgIpc) is 2.45. The highest BCUT2D eigenvalue weighted by atomic mass is 35.5. The van der Waals surface area contributed by atoms with Gasteiger partial charge >= 0.3 is 0 Å². The predicted octanol–water partition coefficient (Wildman–Crippen LogP) is 4.71. The Kier molecular flexibility index (Phi) is 3.81. The highest BCUT2D eigenvalue weighted by Crippen LogP contribution is 2.39. The van der Waals surface area contributed by atoms with Gasteiger partial charge in [-0.15, -0.1) is 0 Å². The first-order valence-corrected chi connectivity index (χ1v) is 7.25. The maximum atomic E-state index is 12.9. The molecule has 106 valence electrons. The second-order valence-electron chi connectivity index (χ2n) is 5.37. The molecule has 2 aromatic rings. The number of nitrogens with zero attached hydrogens (tertiary/aromatic N) is 1. The van der Waals surface area contributed by atoms with Gasteiger partial charge in [0, 0.05) is 6.04 Å². The summed E-state index contributed by atoms with van der Waals surface area (Å²) in [7, 11) is 0. The first kappa shape index (κ1) is 13.9. The predicted molar refractivity (Wildman–Crippen MR) is 82.0 cm³/mol. The van der Waals surface area contributed by atoms with Crippen molar-refractivity contribution >= 4 is 17.3 Å². The highest BCUT2D eigenvalue weighted by Gasteiger charge is 2.30. The van der Waals surface area contributed by atoms with Crippen molar-refractivity contribution in [2.24, 2.45) is 0 Å². The van der Waals surface area contributed by atoms with E-state index in [0.717, 1.165) is 18.5 Å². The average molecular weight is 301 g/mol. The molecule has 1 aliphatic rings. The second kappa shape index (κ2) is 5.75. The molecule has 1 fully saturated rings. The van der Waals surface area contributed by atoms with Crippen LogP contribution < -0.4 is 5.32 Å². The minimum Gasteiger partial charge on any atom is -0.381 e. The molecule has 1 aliphatic carbocycles. The fourth-order valence-corrected chi connectivity index (χ4v) is 2.90. The van der Waals surface area contributed by atoms with Crippen LogP contribution in [-0.2, 0) is 0 Å². The van der Waals surface area contributed by atoms with Gasteiger partial charge in [0.2, 0.25) is 0 Å². The standard InChI is InChI=1S/C17H14ClFN2/c18-16-7-11(10-20)1-6-17(16)21-15-8-13(9-15)12-2-4-14(19)5-3-12/h1-7,13,15,21H,8-9H2. The van der Waals surface area contributed by atoms with Crippen LogP contribution in [0.2, 0.25) is 5.02 Å². The van der Waals surface area contributed by atoms with Crippen LogP contribution in [0.5, 0.6) is 0 Å². The van der Waals surface area contributed by atoms with Crippen molar-refractivity contribution in [2.75, 3.05) is 5.32 Å². The molecule has 0 amide bonds. The van der Waals surface area contributed by atoms with Crippen molar-refractivity contribution in [3.05, 3.63) is 64.4 Å². The lowest BCUT2D eigenvalue weighted by Crippen LogP contribution is -2.34. The van der Waals surface area contributed by atoms with Gasteiger partial charge in [-0.2, -0.15) is 5.26 Å². The summed E-state index contributed by atoms with van der Waals surface area (Å²) in [5, 5.41) is 12.8. The second-order valence-corrected chi connectivity index (χ2v) is 5.77. The van der Waals surface area contributed by atoms with Crippen molar-refractivity contribution in [1.82, 2.24) is 0 Å². The number of hydrogen-bond acceptors (Lipinski definition) is 2. The van der Waals surface area contributed by atoms with Gasteiger partial charge in [0.25, 0.3) is 0 Å². The van der Waals surface area contributed by atoms with E-state index in [1.165, 1.54) is 17.7 Å². The van der Waals surface area contributed by atoms with E-state index in [4.69, 9.17) is 16.9 Å². The molecular weight excluding hydrogens is 287 g/mol. The minimum absolute atomic E-state index is 0.197. The number of halogens is 2. The third-order valence-electron chi connectivity index (χ3n) is 3.94. The Labute approximate surface area is 128 Å². The van der Waals surface area contributed by atoms with Crippen molar-refractivity contribution in [3.63, 3.8) is 0 Å². The maximum absolute atomic E-state index is 12.9. The van der Waals surface area contributed by atoms with Crippen LogP contribution in [0.1, 0.15) is 29.9 Å². The third kappa shape index (κ3) is 3.01. The van der Waals surface area contributed by atoms with E-state index in [1.54, 1.807) is 12.1 Å². The van der Waals surface area contributed by atoms with Crippen LogP contribution in [0.15, 0.2) is 42.5 Å². The Bertz CT molecular complexity index is 685. The van der Waals surface area contributed by atoms with Crippen LogP contribution in [-0.4, -0.2) is 6.04 Å². The van der Waals surface area contributed by atoms with Gasteiger partial charge in [-0.25, -0.2) is 4.39 Å². The molecule has 0 saturated heterocycles. The lowest BCUT2D eigenvalue weighted by Gasteiger charge is -2.37. The zero-order valence-electron chi connectivity index (χ0n) is 11.3. The Morgan fingerprint density at radius 1 is 1.14 bits per heavy atom. The summed E-state index contributed by atoms with van der Waals surface area (Å²) in [4.78, 5) is 0.